The van der Waals surface area contributed by atoms with E-state index in [-0.39, 0.29) is 17.5 Å². The van der Waals surface area contributed by atoms with Crippen LogP contribution in [0.5, 0.6) is 0 Å². The molecule has 9 heteroatoms. The predicted octanol–water partition coefficient (Wildman–Crippen LogP) is 4.51. The van der Waals surface area contributed by atoms with Gasteiger partial charge in [-0.05, 0) is 67.4 Å². The fourth-order valence-electron chi connectivity index (χ4n) is 3.41. The van der Waals surface area contributed by atoms with Crippen LogP contribution in [0.25, 0.3) is 0 Å². The minimum absolute atomic E-state index is 0.0295. The predicted molar refractivity (Wildman–Crippen MR) is 127 cm³/mol. The van der Waals surface area contributed by atoms with Gasteiger partial charge in [0, 0.05) is 5.69 Å². The maximum absolute atomic E-state index is 12.7. The molecule has 1 aliphatic carbocycles. The molecule has 3 rings (SSSR count). The molecule has 2 aromatic carbocycles. The highest BCUT2D eigenvalue weighted by Gasteiger charge is 2.30. The van der Waals surface area contributed by atoms with Crippen molar-refractivity contribution in [1.82, 2.24) is 5.32 Å². The fraction of sp³-hybridized carbons (Fsp3) is 0.200. The molecular formula is C25H25F3N4O2. The lowest BCUT2D eigenvalue weighted by Gasteiger charge is -2.21. The number of benzene rings is 2. The Hall–Kier alpha value is -3.85. The van der Waals surface area contributed by atoms with Gasteiger partial charge in [-0.3, -0.25) is 9.59 Å². The number of hydrogen-bond donors (Lipinski definition) is 4. The van der Waals surface area contributed by atoms with Crippen molar-refractivity contribution in [3.8, 4) is 0 Å². The van der Waals surface area contributed by atoms with E-state index in [2.05, 4.69) is 16.0 Å². The first kappa shape index (κ1) is 24.8. The highest BCUT2D eigenvalue weighted by Crippen LogP contribution is 2.30. The van der Waals surface area contributed by atoms with Crippen LogP contribution in [0.1, 0.15) is 12.0 Å². The lowest BCUT2D eigenvalue weighted by molar-refractivity contribution is -0.137. The Morgan fingerprint density at radius 2 is 1.79 bits per heavy atom. The van der Waals surface area contributed by atoms with E-state index in [1.165, 1.54) is 18.2 Å². The molecular weight excluding hydrogens is 445 g/mol. The van der Waals surface area contributed by atoms with Crippen LogP contribution in [0.2, 0.25) is 0 Å². The molecule has 0 aliphatic heterocycles. The smallest absolute Gasteiger partial charge is 0.397 e. The summed E-state index contributed by atoms with van der Waals surface area (Å²) in [6.07, 6.45) is 4.89. The summed E-state index contributed by atoms with van der Waals surface area (Å²) in [5, 5.41) is 8.27. The van der Waals surface area contributed by atoms with Gasteiger partial charge in [0.1, 0.15) is 6.04 Å². The second-order valence-corrected chi connectivity index (χ2v) is 7.68. The first-order valence-corrected chi connectivity index (χ1v) is 10.5. The Morgan fingerprint density at radius 3 is 2.38 bits per heavy atom. The van der Waals surface area contributed by atoms with Crippen molar-refractivity contribution in [1.29, 1.82) is 0 Å². The zero-order valence-electron chi connectivity index (χ0n) is 18.4. The monoisotopic (exact) mass is 470 g/mol. The molecule has 2 amide bonds. The first-order chi connectivity index (χ1) is 16.2. The molecule has 6 nitrogen and oxygen atoms in total. The summed E-state index contributed by atoms with van der Waals surface area (Å²) in [7, 11) is 1.62. The molecule has 0 heterocycles. The van der Waals surface area contributed by atoms with Gasteiger partial charge in [-0.25, -0.2) is 0 Å². The van der Waals surface area contributed by atoms with Crippen LogP contribution >= 0.6 is 0 Å². The number of nitrogens with one attached hydrogen (secondary N) is 3. The number of nitrogen functional groups attached to an aromatic ring is 1. The SMILES string of the molecule is CNC(C(=O)Nc1ccc(C(F)(F)F)cc1)C1=CCC(/C=C/C(=O)Nc2ccccc2N)C=C1. The standard InChI is InChI=1S/C25H25F3N4O2/c1-30-23(24(34)31-19-13-11-18(12-14-19)25(26,27)28)17-9-6-16(7-10-17)8-15-22(33)32-21-5-3-2-4-20(21)29/h2-6,8-16,23,30H,7,29H2,1H3,(H,31,34)(H,32,33)/b15-8+. The summed E-state index contributed by atoms with van der Waals surface area (Å²) in [6.45, 7) is 0. The molecule has 0 bridgehead atoms. The summed E-state index contributed by atoms with van der Waals surface area (Å²) in [6, 6.07) is 10.5. The Labute approximate surface area is 195 Å². The van der Waals surface area contributed by atoms with Gasteiger partial charge in [0.15, 0.2) is 0 Å². The highest BCUT2D eigenvalue weighted by atomic mass is 19.4. The second-order valence-electron chi connectivity index (χ2n) is 7.68. The van der Waals surface area contributed by atoms with Crippen LogP contribution in [0, 0.1) is 5.92 Å². The van der Waals surface area contributed by atoms with Crippen molar-refractivity contribution in [2.75, 3.05) is 23.4 Å². The van der Waals surface area contributed by atoms with E-state index < -0.39 is 23.7 Å². The maximum atomic E-state index is 12.7. The highest BCUT2D eigenvalue weighted by molar-refractivity contribution is 6.01. The number of nitrogens with two attached hydrogens (primary N) is 1. The van der Waals surface area contributed by atoms with Crippen LogP contribution < -0.4 is 21.7 Å². The third kappa shape index (κ3) is 6.58. The lowest BCUT2D eigenvalue weighted by atomic mass is 9.92. The molecule has 5 N–H and O–H groups in total. The van der Waals surface area contributed by atoms with Crippen LogP contribution in [-0.4, -0.2) is 24.9 Å². The Kier molecular flexibility index (Phi) is 7.91. The molecule has 0 saturated heterocycles. The number of alkyl halides is 3. The number of likely N-dealkylation sites (N-methyl/N-ethyl adjacent to an activating group) is 1. The third-order valence-corrected chi connectivity index (χ3v) is 5.24. The van der Waals surface area contributed by atoms with Crippen molar-refractivity contribution in [3.63, 3.8) is 0 Å². The zero-order chi connectivity index (χ0) is 24.7. The van der Waals surface area contributed by atoms with Gasteiger partial charge >= 0.3 is 6.18 Å². The van der Waals surface area contributed by atoms with E-state index >= 15 is 0 Å². The van der Waals surface area contributed by atoms with Gasteiger partial charge in [-0.1, -0.05) is 36.4 Å². The number of rotatable bonds is 7. The number of para-hydroxylation sites is 2. The van der Waals surface area contributed by atoms with Crippen molar-refractivity contribution in [3.05, 3.63) is 90.0 Å². The van der Waals surface area contributed by atoms with Crippen LogP contribution in [0.4, 0.5) is 30.2 Å². The number of carbonyl (C=O) groups excluding carboxylic acids is 2. The molecule has 0 aromatic heterocycles. The van der Waals surface area contributed by atoms with Crippen LogP contribution in [0.15, 0.2) is 84.5 Å². The number of hydrogen-bond acceptors (Lipinski definition) is 4. The van der Waals surface area contributed by atoms with Crippen molar-refractivity contribution >= 4 is 28.9 Å². The van der Waals surface area contributed by atoms with Crippen LogP contribution in [-0.2, 0) is 15.8 Å². The average Bonchev–Trinajstić information content (AvgIpc) is 2.80. The summed E-state index contributed by atoms with van der Waals surface area (Å²) in [4.78, 5) is 24.8. The lowest BCUT2D eigenvalue weighted by Crippen LogP contribution is -2.40. The molecule has 2 atom stereocenters. The van der Waals surface area contributed by atoms with E-state index in [1.807, 2.05) is 12.2 Å². The third-order valence-electron chi connectivity index (χ3n) is 5.24. The number of amides is 2. The first-order valence-electron chi connectivity index (χ1n) is 10.5. The molecule has 0 spiro atoms. The number of anilines is 3. The number of allylic oxidation sites excluding steroid dienone is 3. The van der Waals surface area contributed by atoms with Gasteiger partial charge in [0.25, 0.3) is 0 Å². The Bertz CT molecular complexity index is 1120. The van der Waals surface area contributed by atoms with Crippen molar-refractivity contribution in [2.45, 2.75) is 18.6 Å². The molecule has 1 aliphatic rings. The Balaban J connectivity index is 1.56. The van der Waals surface area contributed by atoms with Crippen molar-refractivity contribution < 1.29 is 22.8 Å². The summed E-state index contributed by atoms with van der Waals surface area (Å²) in [5.74, 6) is -0.727. The molecule has 34 heavy (non-hydrogen) atoms. The van der Waals surface area contributed by atoms with E-state index in [1.54, 1.807) is 43.5 Å². The van der Waals surface area contributed by atoms with Crippen LogP contribution in [0.3, 0.4) is 0 Å². The number of halogens is 3. The van der Waals surface area contributed by atoms with Gasteiger partial charge in [0.2, 0.25) is 11.8 Å². The summed E-state index contributed by atoms with van der Waals surface area (Å²) < 4.78 is 38.1. The van der Waals surface area contributed by atoms with Gasteiger partial charge in [-0.2, -0.15) is 13.2 Å². The van der Waals surface area contributed by atoms with E-state index in [0.29, 0.717) is 17.8 Å². The average molecular weight is 470 g/mol. The Morgan fingerprint density at radius 1 is 1.09 bits per heavy atom. The number of carbonyl (C=O) groups is 2. The quantitative estimate of drug-likeness (QED) is 0.354. The summed E-state index contributed by atoms with van der Waals surface area (Å²) >= 11 is 0. The fourth-order valence-corrected chi connectivity index (χ4v) is 3.41. The summed E-state index contributed by atoms with van der Waals surface area (Å²) in [5.41, 5.74) is 7.04. The largest absolute Gasteiger partial charge is 0.416 e. The minimum Gasteiger partial charge on any atom is -0.397 e. The maximum Gasteiger partial charge on any atom is 0.416 e. The molecule has 178 valence electrons. The molecule has 0 saturated carbocycles. The van der Waals surface area contributed by atoms with E-state index in [4.69, 9.17) is 5.73 Å². The van der Waals surface area contributed by atoms with E-state index in [0.717, 1.165) is 17.7 Å². The normalized spacial score (nSPS) is 16.7. The molecule has 2 aromatic rings. The molecule has 0 radical (unpaired) electrons. The van der Waals surface area contributed by atoms with Gasteiger partial charge in [-0.15, -0.1) is 0 Å². The minimum atomic E-state index is -4.44. The topological polar surface area (TPSA) is 96.2 Å². The van der Waals surface area contributed by atoms with Crippen molar-refractivity contribution in [2.24, 2.45) is 5.92 Å². The zero-order valence-corrected chi connectivity index (χ0v) is 18.4. The van der Waals surface area contributed by atoms with E-state index in [9.17, 15) is 22.8 Å². The molecule has 2 unspecified atom stereocenters. The van der Waals surface area contributed by atoms with Gasteiger partial charge < -0.3 is 21.7 Å². The van der Waals surface area contributed by atoms with Gasteiger partial charge in [0.05, 0.1) is 16.9 Å². The second kappa shape index (κ2) is 10.8. The molecule has 0 fully saturated rings.